The molecule has 0 saturated heterocycles. The van der Waals surface area contributed by atoms with Gasteiger partial charge in [-0.2, -0.15) is 0 Å². The van der Waals surface area contributed by atoms with E-state index in [1.54, 1.807) is 0 Å². The molecule has 78 valence electrons. The molecule has 2 nitrogen and oxygen atoms in total. The monoisotopic (exact) mass is 194 g/mol. The highest BCUT2D eigenvalue weighted by atomic mass is 16.4. The van der Waals surface area contributed by atoms with Crippen molar-refractivity contribution in [3.05, 3.63) is 23.3 Å². The van der Waals surface area contributed by atoms with Crippen LogP contribution in [-0.2, 0) is 4.79 Å². The number of hydrogen-bond acceptors (Lipinski definition) is 1. The van der Waals surface area contributed by atoms with Crippen LogP contribution in [0.3, 0.4) is 0 Å². The highest BCUT2D eigenvalue weighted by Crippen LogP contribution is 2.16. The summed E-state index contributed by atoms with van der Waals surface area (Å²) >= 11 is 0. The van der Waals surface area contributed by atoms with Gasteiger partial charge in [0.15, 0.2) is 0 Å². The van der Waals surface area contributed by atoms with E-state index in [-0.39, 0.29) is 0 Å². The fourth-order valence-corrected chi connectivity index (χ4v) is 1.68. The maximum absolute atomic E-state index is 10.8. The Labute approximate surface area is 85.3 Å². The Morgan fingerprint density at radius 1 is 1.21 bits per heavy atom. The molecule has 0 aromatic carbocycles. The molecule has 0 saturated carbocycles. The lowest BCUT2D eigenvalue weighted by molar-refractivity contribution is -0.132. The van der Waals surface area contributed by atoms with Crippen molar-refractivity contribution < 1.29 is 9.90 Å². The fraction of sp³-hybridized carbons (Fsp3) is 0.583. The van der Waals surface area contributed by atoms with Gasteiger partial charge in [0.1, 0.15) is 0 Å². The van der Waals surface area contributed by atoms with Crippen LogP contribution in [0.25, 0.3) is 0 Å². The van der Waals surface area contributed by atoms with Gasteiger partial charge < -0.3 is 5.11 Å². The highest BCUT2D eigenvalue weighted by molar-refractivity contribution is 5.86. The first-order valence-electron chi connectivity index (χ1n) is 5.28. The van der Waals surface area contributed by atoms with Crippen LogP contribution in [0.4, 0.5) is 0 Å². The van der Waals surface area contributed by atoms with Crippen molar-refractivity contribution in [1.82, 2.24) is 0 Å². The number of rotatable bonds is 1. The first-order valence-corrected chi connectivity index (χ1v) is 5.28. The van der Waals surface area contributed by atoms with Gasteiger partial charge in [-0.1, -0.05) is 17.7 Å². The van der Waals surface area contributed by atoms with E-state index < -0.39 is 5.97 Å². The van der Waals surface area contributed by atoms with Gasteiger partial charge >= 0.3 is 5.97 Å². The molecule has 1 N–H and O–H groups in total. The lowest BCUT2D eigenvalue weighted by Crippen LogP contribution is -2.01. The van der Waals surface area contributed by atoms with Crippen LogP contribution in [-0.4, -0.2) is 11.1 Å². The third-order valence-corrected chi connectivity index (χ3v) is 2.60. The Bertz CT molecular complexity index is 261. The zero-order valence-electron chi connectivity index (χ0n) is 8.75. The minimum atomic E-state index is -0.743. The normalized spacial score (nSPS) is 26.9. The van der Waals surface area contributed by atoms with Crippen molar-refractivity contribution in [1.29, 1.82) is 0 Å². The molecule has 0 spiro atoms. The number of carbonyl (C=O) groups is 1. The van der Waals surface area contributed by atoms with Crippen LogP contribution < -0.4 is 0 Å². The first-order chi connectivity index (χ1) is 6.70. The lowest BCUT2D eigenvalue weighted by atomic mass is 10.0. The fourth-order valence-electron chi connectivity index (χ4n) is 1.68. The van der Waals surface area contributed by atoms with Crippen LogP contribution in [0, 0.1) is 0 Å². The average Bonchev–Trinajstić information content (AvgIpc) is 2.15. The zero-order chi connectivity index (χ0) is 10.4. The van der Waals surface area contributed by atoms with Crippen LogP contribution in [0.5, 0.6) is 0 Å². The Morgan fingerprint density at radius 3 is 2.71 bits per heavy atom. The topological polar surface area (TPSA) is 37.3 Å². The molecule has 0 radical (unpaired) electrons. The maximum atomic E-state index is 10.8. The minimum Gasteiger partial charge on any atom is -0.478 e. The molecule has 0 aromatic rings. The predicted molar refractivity (Wildman–Crippen MR) is 57.2 cm³/mol. The van der Waals surface area contributed by atoms with Gasteiger partial charge in [-0.3, -0.25) is 0 Å². The molecule has 0 amide bonds. The quantitative estimate of drug-likeness (QED) is 0.650. The summed E-state index contributed by atoms with van der Waals surface area (Å²) in [5.41, 5.74) is 1.98. The molecule has 0 aromatic heterocycles. The molecule has 1 aliphatic carbocycles. The smallest absolute Gasteiger partial charge is 0.331 e. The summed E-state index contributed by atoms with van der Waals surface area (Å²) in [6, 6.07) is 0. The lowest BCUT2D eigenvalue weighted by Gasteiger charge is -2.06. The molecular weight excluding hydrogens is 176 g/mol. The SMILES string of the molecule is C/C1=C\CCCC/C(C(=O)O)=C/CC1. The van der Waals surface area contributed by atoms with E-state index in [9.17, 15) is 4.79 Å². The van der Waals surface area contributed by atoms with Crippen LogP contribution in [0.1, 0.15) is 45.4 Å². The molecule has 0 heterocycles. The molecule has 0 unspecified atom stereocenters. The molecular formula is C12H18O2. The third kappa shape index (κ3) is 3.77. The molecule has 1 rings (SSSR count). The number of carboxylic acid groups (broad SMARTS) is 1. The highest BCUT2D eigenvalue weighted by Gasteiger charge is 2.06. The van der Waals surface area contributed by atoms with E-state index in [4.69, 9.17) is 5.11 Å². The van der Waals surface area contributed by atoms with E-state index in [1.807, 2.05) is 6.08 Å². The van der Waals surface area contributed by atoms with Crippen LogP contribution in [0.2, 0.25) is 0 Å². The molecule has 0 atom stereocenters. The second-order valence-electron chi connectivity index (χ2n) is 3.87. The molecule has 0 fully saturated rings. The van der Waals surface area contributed by atoms with Crippen molar-refractivity contribution >= 4 is 5.97 Å². The molecule has 1 aliphatic rings. The summed E-state index contributed by atoms with van der Waals surface area (Å²) in [6.07, 6.45) is 9.93. The van der Waals surface area contributed by atoms with Crippen LogP contribution in [0.15, 0.2) is 23.3 Å². The second kappa shape index (κ2) is 5.63. The first kappa shape index (κ1) is 11.0. The van der Waals surface area contributed by atoms with E-state index in [1.165, 1.54) is 5.57 Å². The Balaban J connectivity index is 2.61. The molecule has 0 aliphatic heterocycles. The van der Waals surface area contributed by atoms with Gasteiger partial charge in [0.2, 0.25) is 0 Å². The summed E-state index contributed by atoms with van der Waals surface area (Å²) in [4.78, 5) is 10.8. The third-order valence-electron chi connectivity index (χ3n) is 2.60. The molecule has 14 heavy (non-hydrogen) atoms. The van der Waals surface area contributed by atoms with Gasteiger partial charge in [0.25, 0.3) is 0 Å². The van der Waals surface area contributed by atoms with Gasteiger partial charge in [0.05, 0.1) is 0 Å². The maximum Gasteiger partial charge on any atom is 0.331 e. The largest absolute Gasteiger partial charge is 0.478 e. The predicted octanol–water partition coefficient (Wildman–Crippen LogP) is 3.30. The standard InChI is InChI=1S/C12H18O2/c1-10-6-3-2-4-8-11(12(13)14)9-5-7-10/h6,9H,2-5,7-8H2,1H3,(H,13,14)/b10-6+,11-9-. The molecule has 2 heteroatoms. The zero-order valence-corrected chi connectivity index (χ0v) is 8.75. The average molecular weight is 194 g/mol. The number of carboxylic acids is 1. The number of hydrogen-bond donors (Lipinski definition) is 1. The second-order valence-corrected chi connectivity index (χ2v) is 3.87. The van der Waals surface area contributed by atoms with Crippen molar-refractivity contribution in [3.63, 3.8) is 0 Å². The van der Waals surface area contributed by atoms with Crippen molar-refractivity contribution in [2.24, 2.45) is 0 Å². The summed E-state index contributed by atoms with van der Waals surface area (Å²) < 4.78 is 0. The number of allylic oxidation sites excluding steroid dienone is 3. The van der Waals surface area contributed by atoms with Crippen LogP contribution >= 0.6 is 0 Å². The molecule has 0 bridgehead atoms. The summed E-state index contributed by atoms with van der Waals surface area (Å²) in [5.74, 6) is -0.743. The number of aliphatic carboxylic acids is 1. The van der Waals surface area contributed by atoms with Gasteiger partial charge in [-0.15, -0.1) is 0 Å². The van der Waals surface area contributed by atoms with Crippen molar-refractivity contribution in [2.45, 2.75) is 45.4 Å². The van der Waals surface area contributed by atoms with E-state index in [0.29, 0.717) is 5.57 Å². The van der Waals surface area contributed by atoms with Crippen molar-refractivity contribution in [2.75, 3.05) is 0 Å². The Kier molecular flexibility index (Phi) is 4.44. The van der Waals surface area contributed by atoms with E-state index in [2.05, 4.69) is 13.0 Å². The summed E-state index contributed by atoms with van der Waals surface area (Å²) in [5, 5.41) is 8.90. The van der Waals surface area contributed by atoms with Crippen molar-refractivity contribution in [3.8, 4) is 0 Å². The Hall–Kier alpha value is -1.05. The van der Waals surface area contributed by atoms with E-state index in [0.717, 1.165) is 38.5 Å². The Morgan fingerprint density at radius 2 is 2.00 bits per heavy atom. The van der Waals surface area contributed by atoms with Gasteiger partial charge in [-0.05, 0) is 45.4 Å². The summed E-state index contributed by atoms with van der Waals surface area (Å²) in [7, 11) is 0. The van der Waals surface area contributed by atoms with Gasteiger partial charge in [-0.25, -0.2) is 4.79 Å². The minimum absolute atomic E-state index is 0.597. The van der Waals surface area contributed by atoms with E-state index >= 15 is 0 Å². The summed E-state index contributed by atoms with van der Waals surface area (Å²) in [6.45, 7) is 2.12. The van der Waals surface area contributed by atoms with Gasteiger partial charge in [0, 0.05) is 5.57 Å².